The number of anilines is 1. The van der Waals surface area contributed by atoms with Crippen molar-refractivity contribution >= 4 is 17.5 Å². The number of nitrogens with one attached hydrogen (secondary N) is 2. The second-order valence-electron chi connectivity index (χ2n) is 5.29. The Morgan fingerprint density at radius 2 is 1.64 bits per heavy atom. The van der Waals surface area contributed by atoms with Gasteiger partial charge in [0.1, 0.15) is 12.4 Å². The van der Waals surface area contributed by atoms with Crippen LogP contribution in [0.2, 0.25) is 0 Å². The van der Waals surface area contributed by atoms with E-state index in [-0.39, 0.29) is 25.0 Å². The lowest BCUT2D eigenvalue weighted by Gasteiger charge is -2.09. The number of carbonyl (C=O) groups excluding carboxylic acids is 2. The first-order chi connectivity index (χ1) is 12.2. The normalized spacial score (nSPS) is 10.1. The molecule has 0 saturated carbocycles. The fourth-order valence-electron chi connectivity index (χ4n) is 2.06. The lowest BCUT2D eigenvalue weighted by Crippen LogP contribution is -2.28. The summed E-state index contributed by atoms with van der Waals surface area (Å²) in [6, 6.07) is 16.5. The minimum Gasteiger partial charge on any atom is -0.484 e. The highest BCUT2D eigenvalue weighted by atomic mass is 16.5. The average molecular weight is 342 g/mol. The van der Waals surface area contributed by atoms with Crippen LogP contribution in [0, 0.1) is 0 Å². The first-order valence-electron chi connectivity index (χ1n) is 8.08. The molecule has 2 N–H and O–H groups in total. The molecule has 0 aliphatic carbocycles. The maximum Gasteiger partial charge on any atom is 0.257 e. The minimum absolute atomic E-state index is 0.0235. The van der Waals surface area contributed by atoms with Crippen molar-refractivity contribution in [1.82, 2.24) is 5.32 Å². The summed E-state index contributed by atoms with van der Waals surface area (Å²) in [5.41, 5.74) is 1.66. The third kappa shape index (κ3) is 7.05. The van der Waals surface area contributed by atoms with Crippen LogP contribution in [-0.4, -0.2) is 31.6 Å². The highest BCUT2D eigenvalue weighted by Gasteiger charge is 2.04. The van der Waals surface area contributed by atoms with Gasteiger partial charge >= 0.3 is 0 Å². The summed E-state index contributed by atoms with van der Waals surface area (Å²) in [6.07, 6.45) is 0. The maximum atomic E-state index is 11.9. The van der Waals surface area contributed by atoms with Gasteiger partial charge in [0.15, 0.2) is 6.61 Å². The molecule has 0 atom stereocenters. The summed E-state index contributed by atoms with van der Waals surface area (Å²) < 4.78 is 10.7. The third-order valence-corrected chi connectivity index (χ3v) is 3.23. The zero-order chi connectivity index (χ0) is 17.9. The Hall–Kier alpha value is -2.86. The second kappa shape index (κ2) is 10.1. The van der Waals surface area contributed by atoms with Crippen molar-refractivity contribution in [3.05, 3.63) is 60.2 Å². The van der Waals surface area contributed by atoms with E-state index < -0.39 is 0 Å². The van der Waals surface area contributed by atoms with Crippen molar-refractivity contribution in [2.45, 2.75) is 13.5 Å². The van der Waals surface area contributed by atoms with Crippen LogP contribution >= 0.6 is 0 Å². The molecule has 0 aliphatic rings. The maximum absolute atomic E-state index is 11.9. The molecule has 2 rings (SSSR count). The number of benzene rings is 2. The van der Waals surface area contributed by atoms with E-state index in [9.17, 15) is 9.59 Å². The molecule has 2 aromatic carbocycles. The van der Waals surface area contributed by atoms with E-state index in [0.29, 0.717) is 24.6 Å². The third-order valence-electron chi connectivity index (χ3n) is 3.23. The molecule has 0 bridgehead atoms. The van der Waals surface area contributed by atoms with Crippen LogP contribution in [0.15, 0.2) is 54.6 Å². The molecule has 6 nitrogen and oxygen atoms in total. The van der Waals surface area contributed by atoms with Crippen molar-refractivity contribution < 1.29 is 19.1 Å². The number of hydrogen-bond donors (Lipinski definition) is 2. The predicted molar refractivity (Wildman–Crippen MR) is 95.3 cm³/mol. The Bertz CT molecular complexity index is 672. The van der Waals surface area contributed by atoms with E-state index in [1.165, 1.54) is 0 Å². The summed E-state index contributed by atoms with van der Waals surface area (Å²) in [5.74, 6) is 0.159. The van der Waals surface area contributed by atoms with Crippen molar-refractivity contribution in [1.29, 1.82) is 0 Å². The van der Waals surface area contributed by atoms with Crippen molar-refractivity contribution in [2.75, 3.05) is 25.1 Å². The molecule has 0 saturated heterocycles. The molecule has 0 radical (unpaired) electrons. The van der Waals surface area contributed by atoms with Gasteiger partial charge in [-0.3, -0.25) is 9.59 Å². The predicted octanol–water partition coefficient (Wildman–Crippen LogP) is 2.36. The van der Waals surface area contributed by atoms with Crippen LogP contribution in [0.25, 0.3) is 0 Å². The number of hydrogen-bond acceptors (Lipinski definition) is 4. The summed E-state index contributed by atoms with van der Waals surface area (Å²) in [4.78, 5) is 23.2. The van der Waals surface area contributed by atoms with Crippen molar-refractivity contribution in [2.24, 2.45) is 0 Å². The average Bonchev–Trinajstić information content (AvgIpc) is 2.62. The van der Waals surface area contributed by atoms with Crippen molar-refractivity contribution in [3.63, 3.8) is 0 Å². The van der Waals surface area contributed by atoms with Crippen LogP contribution in [0.4, 0.5) is 5.69 Å². The highest BCUT2D eigenvalue weighted by Crippen LogP contribution is 2.15. The second-order valence-corrected chi connectivity index (χ2v) is 5.29. The molecule has 2 amide bonds. The largest absolute Gasteiger partial charge is 0.484 e. The van der Waals surface area contributed by atoms with E-state index in [4.69, 9.17) is 9.47 Å². The van der Waals surface area contributed by atoms with E-state index >= 15 is 0 Å². The molecule has 132 valence electrons. The van der Waals surface area contributed by atoms with Gasteiger partial charge in [-0.05, 0) is 36.8 Å². The number of amides is 2. The smallest absolute Gasteiger partial charge is 0.257 e. The fourth-order valence-corrected chi connectivity index (χ4v) is 2.06. The van der Waals surface area contributed by atoms with E-state index in [1.54, 1.807) is 24.3 Å². The Labute approximate surface area is 147 Å². The number of carbonyl (C=O) groups is 2. The quantitative estimate of drug-likeness (QED) is 0.733. The van der Waals surface area contributed by atoms with E-state index in [1.807, 2.05) is 37.3 Å². The fraction of sp³-hybridized carbons (Fsp3) is 0.263. The van der Waals surface area contributed by atoms with E-state index in [2.05, 4.69) is 10.6 Å². The van der Waals surface area contributed by atoms with Gasteiger partial charge in [-0.1, -0.05) is 30.3 Å². The van der Waals surface area contributed by atoms with Crippen LogP contribution in [0.1, 0.15) is 12.5 Å². The Kier molecular flexibility index (Phi) is 7.46. The van der Waals surface area contributed by atoms with Gasteiger partial charge in [-0.2, -0.15) is 0 Å². The lowest BCUT2D eigenvalue weighted by atomic mass is 10.2. The van der Waals surface area contributed by atoms with Crippen LogP contribution in [0.5, 0.6) is 5.75 Å². The molecule has 0 aliphatic heterocycles. The monoisotopic (exact) mass is 342 g/mol. The van der Waals surface area contributed by atoms with Gasteiger partial charge in [0.2, 0.25) is 5.91 Å². The van der Waals surface area contributed by atoms with Gasteiger partial charge < -0.3 is 20.1 Å². The summed E-state index contributed by atoms with van der Waals surface area (Å²) in [5, 5.41) is 5.39. The standard InChI is InChI=1S/C19H22N2O4/c1-2-20-18(22)14-25-17-10-8-16(9-11-17)21-19(23)13-24-12-15-6-4-3-5-7-15/h3-11H,2,12-14H2,1H3,(H,20,22)(H,21,23). The summed E-state index contributed by atoms with van der Waals surface area (Å²) >= 11 is 0. The molecule has 0 spiro atoms. The SMILES string of the molecule is CCNC(=O)COc1ccc(NC(=O)COCc2ccccc2)cc1. The molecular weight excluding hydrogens is 320 g/mol. The molecule has 0 unspecified atom stereocenters. The Morgan fingerprint density at radius 3 is 2.32 bits per heavy atom. The number of ether oxygens (including phenoxy) is 2. The summed E-state index contributed by atoms with van der Waals surface area (Å²) in [7, 11) is 0. The van der Waals surface area contributed by atoms with Crippen molar-refractivity contribution in [3.8, 4) is 5.75 Å². The number of likely N-dealkylation sites (N-methyl/N-ethyl adjacent to an activating group) is 1. The highest BCUT2D eigenvalue weighted by molar-refractivity contribution is 5.91. The number of rotatable bonds is 9. The van der Waals surface area contributed by atoms with E-state index in [0.717, 1.165) is 5.56 Å². The molecule has 25 heavy (non-hydrogen) atoms. The zero-order valence-corrected chi connectivity index (χ0v) is 14.2. The molecule has 6 heteroatoms. The first-order valence-corrected chi connectivity index (χ1v) is 8.08. The zero-order valence-electron chi connectivity index (χ0n) is 14.2. The van der Waals surface area contributed by atoms with Crippen LogP contribution in [-0.2, 0) is 20.9 Å². The molecular formula is C19H22N2O4. The van der Waals surface area contributed by atoms with Gasteiger partial charge in [-0.15, -0.1) is 0 Å². The first kappa shape index (κ1) is 18.5. The molecule has 0 aromatic heterocycles. The molecule has 2 aromatic rings. The van der Waals surface area contributed by atoms with Gasteiger partial charge in [0.05, 0.1) is 6.61 Å². The van der Waals surface area contributed by atoms with Gasteiger partial charge in [0, 0.05) is 12.2 Å². The minimum atomic E-state index is -0.230. The Morgan fingerprint density at radius 1 is 0.920 bits per heavy atom. The van der Waals surface area contributed by atoms with Gasteiger partial charge in [-0.25, -0.2) is 0 Å². The molecule has 0 fully saturated rings. The van der Waals surface area contributed by atoms with Crippen LogP contribution < -0.4 is 15.4 Å². The van der Waals surface area contributed by atoms with Crippen LogP contribution in [0.3, 0.4) is 0 Å². The Balaban J connectivity index is 1.71. The summed E-state index contributed by atoms with van der Waals surface area (Å²) in [6.45, 7) is 2.75. The van der Waals surface area contributed by atoms with Gasteiger partial charge in [0.25, 0.3) is 5.91 Å². The molecule has 0 heterocycles. The lowest BCUT2D eigenvalue weighted by molar-refractivity contribution is -0.123. The topological polar surface area (TPSA) is 76.7 Å².